The second-order valence-electron chi connectivity index (χ2n) is 5.82. The summed E-state index contributed by atoms with van der Waals surface area (Å²) < 4.78 is 18.5. The van der Waals surface area contributed by atoms with Crippen molar-refractivity contribution in [3.05, 3.63) is 29.8 Å². The monoisotopic (exact) mass is 295 g/mol. The summed E-state index contributed by atoms with van der Waals surface area (Å²) in [7, 11) is 1.78. The fourth-order valence-corrected chi connectivity index (χ4v) is 3.06. The Bertz CT molecular complexity index is 426. The summed E-state index contributed by atoms with van der Waals surface area (Å²) in [4.78, 5) is 6.68. The van der Waals surface area contributed by atoms with Crippen LogP contribution in [0.25, 0.3) is 0 Å². The van der Waals surface area contributed by atoms with Crippen LogP contribution in [0.2, 0.25) is 0 Å². The van der Waals surface area contributed by atoms with Crippen LogP contribution in [0.15, 0.2) is 18.3 Å². The fourth-order valence-electron chi connectivity index (χ4n) is 3.06. The van der Waals surface area contributed by atoms with E-state index in [0.29, 0.717) is 12.0 Å². The molecular weight excluding hydrogens is 269 g/mol. The number of nitrogens with zero attached hydrogens (tertiary/aromatic N) is 2. The van der Waals surface area contributed by atoms with Gasteiger partial charge in [0, 0.05) is 26.7 Å². The van der Waals surface area contributed by atoms with Gasteiger partial charge in [0.1, 0.15) is 5.82 Å². The maximum Gasteiger partial charge on any atom is 0.141 e. The van der Waals surface area contributed by atoms with Crippen molar-refractivity contribution in [1.82, 2.24) is 15.2 Å². The van der Waals surface area contributed by atoms with Gasteiger partial charge in [0.25, 0.3) is 0 Å². The van der Waals surface area contributed by atoms with Crippen molar-refractivity contribution >= 4 is 0 Å². The molecule has 0 aromatic carbocycles. The third-order valence-corrected chi connectivity index (χ3v) is 4.17. The molecule has 1 N–H and O–H groups in total. The Labute approximate surface area is 126 Å². The molecule has 0 amide bonds. The first-order chi connectivity index (χ1) is 10.1. The van der Waals surface area contributed by atoms with Crippen molar-refractivity contribution in [3.8, 4) is 0 Å². The van der Waals surface area contributed by atoms with E-state index in [1.165, 1.54) is 12.3 Å². The summed E-state index contributed by atoms with van der Waals surface area (Å²) >= 11 is 0. The number of hydrogen-bond acceptors (Lipinski definition) is 4. The van der Waals surface area contributed by atoms with Crippen LogP contribution in [0.5, 0.6) is 0 Å². The number of nitrogens with one attached hydrogen (secondary N) is 1. The van der Waals surface area contributed by atoms with E-state index < -0.39 is 0 Å². The van der Waals surface area contributed by atoms with E-state index >= 15 is 0 Å². The van der Waals surface area contributed by atoms with Crippen molar-refractivity contribution in [2.75, 3.05) is 33.3 Å². The van der Waals surface area contributed by atoms with Crippen LogP contribution in [0.1, 0.15) is 32.0 Å². The first-order valence-corrected chi connectivity index (χ1v) is 7.74. The van der Waals surface area contributed by atoms with E-state index in [1.54, 1.807) is 13.2 Å². The minimum absolute atomic E-state index is 0.150. The number of halogens is 1. The summed E-state index contributed by atoms with van der Waals surface area (Å²) in [5.41, 5.74) is 0.910. The van der Waals surface area contributed by atoms with Crippen molar-refractivity contribution in [2.24, 2.45) is 5.92 Å². The van der Waals surface area contributed by atoms with Crippen LogP contribution in [0, 0.1) is 11.7 Å². The Morgan fingerprint density at radius 3 is 2.90 bits per heavy atom. The molecule has 4 nitrogen and oxygen atoms in total. The molecule has 1 aromatic rings. The smallest absolute Gasteiger partial charge is 0.141 e. The zero-order valence-electron chi connectivity index (χ0n) is 13.2. The molecule has 3 atom stereocenters. The Morgan fingerprint density at radius 1 is 1.52 bits per heavy atom. The molecule has 0 bridgehead atoms. The lowest BCUT2D eigenvalue weighted by Crippen LogP contribution is -2.36. The van der Waals surface area contributed by atoms with Gasteiger partial charge in [-0.15, -0.1) is 0 Å². The minimum atomic E-state index is -0.288. The van der Waals surface area contributed by atoms with Gasteiger partial charge in [-0.2, -0.15) is 0 Å². The first kappa shape index (κ1) is 16.3. The van der Waals surface area contributed by atoms with E-state index in [2.05, 4.69) is 29.0 Å². The molecule has 21 heavy (non-hydrogen) atoms. The maximum absolute atomic E-state index is 13.0. The molecule has 1 aliphatic rings. The van der Waals surface area contributed by atoms with E-state index in [4.69, 9.17) is 4.74 Å². The molecule has 0 spiro atoms. The molecule has 2 heterocycles. The highest BCUT2D eigenvalue weighted by atomic mass is 19.1. The number of pyridine rings is 1. The van der Waals surface area contributed by atoms with Gasteiger partial charge in [0.05, 0.1) is 24.0 Å². The maximum atomic E-state index is 13.0. The summed E-state index contributed by atoms with van der Waals surface area (Å²) in [6.07, 6.45) is 2.76. The third-order valence-electron chi connectivity index (χ3n) is 4.17. The Hall–Kier alpha value is -1.04. The SMILES string of the molecule is CCNC(c1ccc(F)cn1)C(C)CN1CCC(OC)C1. The van der Waals surface area contributed by atoms with Crippen molar-refractivity contribution in [2.45, 2.75) is 32.4 Å². The number of likely N-dealkylation sites (tertiary alicyclic amines) is 1. The van der Waals surface area contributed by atoms with Crippen LogP contribution < -0.4 is 5.32 Å². The normalized spacial score (nSPS) is 22.4. The lowest BCUT2D eigenvalue weighted by molar-refractivity contribution is 0.105. The molecule has 2 rings (SSSR count). The summed E-state index contributed by atoms with van der Waals surface area (Å²) in [5, 5.41) is 3.47. The Kier molecular flexibility index (Phi) is 6.08. The average Bonchev–Trinajstić information content (AvgIpc) is 2.93. The van der Waals surface area contributed by atoms with E-state index in [0.717, 1.165) is 38.3 Å². The molecule has 1 aromatic heterocycles. The number of methoxy groups -OCH3 is 1. The van der Waals surface area contributed by atoms with Gasteiger partial charge in [0.2, 0.25) is 0 Å². The van der Waals surface area contributed by atoms with Gasteiger partial charge in [-0.3, -0.25) is 4.98 Å². The summed E-state index contributed by atoms with van der Waals surface area (Å²) in [6, 6.07) is 3.41. The lowest BCUT2D eigenvalue weighted by atomic mass is 9.97. The van der Waals surface area contributed by atoms with Gasteiger partial charge in [0.15, 0.2) is 0 Å². The number of ether oxygens (including phenoxy) is 1. The zero-order chi connectivity index (χ0) is 15.2. The van der Waals surface area contributed by atoms with E-state index in [-0.39, 0.29) is 11.9 Å². The van der Waals surface area contributed by atoms with Crippen molar-refractivity contribution in [3.63, 3.8) is 0 Å². The van der Waals surface area contributed by atoms with Gasteiger partial charge < -0.3 is 15.0 Å². The van der Waals surface area contributed by atoms with E-state index in [9.17, 15) is 4.39 Å². The molecule has 0 saturated carbocycles. The second-order valence-corrected chi connectivity index (χ2v) is 5.82. The molecular formula is C16H26FN3O. The van der Waals surface area contributed by atoms with Gasteiger partial charge >= 0.3 is 0 Å². The molecule has 5 heteroatoms. The van der Waals surface area contributed by atoms with E-state index in [1.807, 2.05) is 0 Å². The Morgan fingerprint density at radius 2 is 2.33 bits per heavy atom. The molecule has 0 aliphatic carbocycles. The van der Waals surface area contributed by atoms with Crippen LogP contribution in [-0.2, 0) is 4.74 Å². The number of rotatable bonds is 7. The highest BCUT2D eigenvalue weighted by Crippen LogP contribution is 2.23. The van der Waals surface area contributed by atoms with Crippen LogP contribution >= 0.6 is 0 Å². The fraction of sp³-hybridized carbons (Fsp3) is 0.688. The van der Waals surface area contributed by atoms with Crippen LogP contribution in [0.3, 0.4) is 0 Å². The molecule has 0 radical (unpaired) electrons. The van der Waals surface area contributed by atoms with Gasteiger partial charge in [-0.05, 0) is 31.0 Å². The molecule has 3 unspecified atom stereocenters. The summed E-state index contributed by atoms with van der Waals surface area (Å²) in [6.45, 7) is 8.25. The standard InChI is InChI=1S/C16H26FN3O/c1-4-18-16(15-6-5-13(17)9-19-15)12(2)10-20-8-7-14(11-20)21-3/h5-6,9,12,14,16,18H,4,7-8,10-11H2,1-3H3. The number of hydrogen-bond donors (Lipinski definition) is 1. The molecule has 1 fully saturated rings. The molecule has 118 valence electrons. The minimum Gasteiger partial charge on any atom is -0.380 e. The average molecular weight is 295 g/mol. The third kappa shape index (κ3) is 4.46. The van der Waals surface area contributed by atoms with Crippen LogP contribution in [0.4, 0.5) is 4.39 Å². The van der Waals surface area contributed by atoms with Gasteiger partial charge in [-0.1, -0.05) is 13.8 Å². The highest BCUT2D eigenvalue weighted by Gasteiger charge is 2.27. The van der Waals surface area contributed by atoms with Crippen LogP contribution in [-0.4, -0.2) is 49.3 Å². The number of aromatic nitrogens is 1. The molecule has 1 saturated heterocycles. The quantitative estimate of drug-likeness (QED) is 0.837. The molecule has 1 aliphatic heterocycles. The zero-order valence-corrected chi connectivity index (χ0v) is 13.2. The second kappa shape index (κ2) is 7.82. The first-order valence-electron chi connectivity index (χ1n) is 7.74. The summed E-state index contributed by atoms with van der Waals surface area (Å²) in [5.74, 6) is 0.114. The van der Waals surface area contributed by atoms with Crippen molar-refractivity contribution < 1.29 is 9.13 Å². The Balaban J connectivity index is 1.98. The van der Waals surface area contributed by atoms with Crippen molar-refractivity contribution in [1.29, 1.82) is 0 Å². The largest absolute Gasteiger partial charge is 0.380 e. The highest BCUT2D eigenvalue weighted by molar-refractivity contribution is 5.11. The van der Waals surface area contributed by atoms with Gasteiger partial charge in [-0.25, -0.2) is 4.39 Å². The topological polar surface area (TPSA) is 37.4 Å². The predicted octanol–water partition coefficient (Wildman–Crippen LogP) is 2.23. The predicted molar refractivity (Wildman–Crippen MR) is 81.6 cm³/mol. The lowest BCUT2D eigenvalue weighted by Gasteiger charge is -2.28.